The Morgan fingerprint density at radius 2 is 2.03 bits per heavy atom. The second-order valence-electron chi connectivity index (χ2n) is 5.93. The van der Waals surface area contributed by atoms with Gasteiger partial charge in [0, 0.05) is 28.3 Å². The maximum absolute atomic E-state index is 13.4. The van der Waals surface area contributed by atoms with E-state index in [2.05, 4.69) is 31.0 Å². The van der Waals surface area contributed by atoms with Gasteiger partial charge in [0.15, 0.2) is 17.3 Å². The van der Waals surface area contributed by atoms with Crippen molar-refractivity contribution in [3.63, 3.8) is 0 Å². The molecular formula is C20H15BrN4O3S. The van der Waals surface area contributed by atoms with Crippen molar-refractivity contribution in [2.75, 3.05) is 14.2 Å². The molecule has 0 fully saturated rings. The van der Waals surface area contributed by atoms with Gasteiger partial charge in [-0.2, -0.15) is 5.10 Å². The summed E-state index contributed by atoms with van der Waals surface area (Å²) in [4.78, 5) is 21.7. The number of carbonyl (C=O) groups is 1. The molecule has 0 atom stereocenters. The molecule has 7 nitrogen and oxygen atoms in total. The molecule has 0 aliphatic rings. The van der Waals surface area contributed by atoms with Crippen molar-refractivity contribution in [3.8, 4) is 27.8 Å². The molecule has 4 aromatic rings. The predicted molar refractivity (Wildman–Crippen MR) is 113 cm³/mol. The van der Waals surface area contributed by atoms with Crippen LogP contribution in [0.1, 0.15) is 15.9 Å². The minimum atomic E-state index is -0.178. The Hall–Kier alpha value is -3.04. The quantitative estimate of drug-likeness (QED) is 0.388. The second kappa shape index (κ2) is 8.14. The maximum atomic E-state index is 13.4. The molecule has 29 heavy (non-hydrogen) atoms. The first-order valence-electron chi connectivity index (χ1n) is 8.47. The lowest BCUT2D eigenvalue weighted by Crippen LogP contribution is -2.09. The molecule has 0 N–H and O–H groups in total. The van der Waals surface area contributed by atoms with Crippen molar-refractivity contribution in [2.24, 2.45) is 0 Å². The van der Waals surface area contributed by atoms with E-state index in [9.17, 15) is 4.79 Å². The van der Waals surface area contributed by atoms with Gasteiger partial charge in [0.1, 0.15) is 17.7 Å². The van der Waals surface area contributed by atoms with Crippen molar-refractivity contribution in [1.82, 2.24) is 19.7 Å². The molecule has 2 aromatic heterocycles. The lowest BCUT2D eigenvalue weighted by atomic mass is 9.99. The van der Waals surface area contributed by atoms with Crippen LogP contribution in [0.25, 0.3) is 16.3 Å². The average molecular weight is 471 g/mol. The van der Waals surface area contributed by atoms with Gasteiger partial charge < -0.3 is 9.47 Å². The van der Waals surface area contributed by atoms with E-state index in [1.165, 1.54) is 24.8 Å². The molecule has 0 bridgehead atoms. The van der Waals surface area contributed by atoms with Crippen molar-refractivity contribution in [1.29, 1.82) is 0 Å². The van der Waals surface area contributed by atoms with Crippen LogP contribution in [-0.2, 0) is 0 Å². The van der Waals surface area contributed by atoms with Crippen molar-refractivity contribution >= 4 is 33.0 Å². The van der Waals surface area contributed by atoms with E-state index >= 15 is 0 Å². The first kappa shape index (κ1) is 19.3. The Labute approximate surface area is 179 Å². The van der Waals surface area contributed by atoms with E-state index in [1.807, 2.05) is 17.5 Å². The van der Waals surface area contributed by atoms with Crippen LogP contribution in [-0.4, -0.2) is 39.8 Å². The van der Waals surface area contributed by atoms with Crippen LogP contribution < -0.4 is 9.47 Å². The molecular weight excluding hydrogens is 456 g/mol. The Morgan fingerprint density at radius 1 is 1.17 bits per heavy atom. The summed E-state index contributed by atoms with van der Waals surface area (Å²) in [5.41, 5.74) is 2.45. The number of nitrogens with zero attached hydrogens (tertiary/aromatic N) is 4. The van der Waals surface area contributed by atoms with Crippen molar-refractivity contribution < 1.29 is 14.3 Å². The van der Waals surface area contributed by atoms with Gasteiger partial charge in [0.05, 0.1) is 24.4 Å². The van der Waals surface area contributed by atoms with Crippen LogP contribution in [0.2, 0.25) is 0 Å². The number of benzene rings is 2. The molecule has 2 aromatic carbocycles. The Morgan fingerprint density at radius 3 is 2.69 bits per heavy atom. The predicted octanol–water partition coefficient (Wildman–Crippen LogP) is 4.40. The number of methoxy groups -OCH3 is 2. The van der Waals surface area contributed by atoms with Gasteiger partial charge in [-0.05, 0) is 40.2 Å². The minimum absolute atomic E-state index is 0.178. The Balaban J connectivity index is 1.84. The molecule has 9 heteroatoms. The van der Waals surface area contributed by atoms with E-state index in [4.69, 9.17) is 9.47 Å². The molecule has 146 valence electrons. The molecule has 0 amide bonds. The number of thiazole rings is 1. The summed E-state index contributed by atoms with van der Waals surface area (Å²) in [6.07, 6.45) is 4.73. The highest BCUT2D eigenvalue weighted by Crippen LogP contribution is 2.37. The summed E-state index contributed by atoms with van der Waals surface area (Å²) < 4.78 is 12.9. The lowest BCUT2D eigenvalue weighted by Gasteiger charge is -2.13. The number of hydrogen-bond acceptors (Lipinski definition) is 7. The standard InChI is InChI=1S/C20H15BrN4O3S/c1-27-17-9-13(7-15(21)19(17)28-2)18(26)14-4-3-12(20-23-5-6-29-20)8-16(14)25-11-22-10-24-25/h3-11H,1-2H3. The minimum Gasteiger partial charge on any atom is -0.493 e. The van der Waals surface area contributed by atoms with Crippen LogP contribution >= 0.6 is 27.3 Å². The zero-order valence-corrected chi connectivity index (χ0v) is 17.9. The largest absolute Gasteiger partial charge is 0.493 e. The smallest absolute Gasteiger partial charge is 0.195 e. The maximum Gasteiger partial charge on any atom is 0.195 e. The Kier molecular flexibility index (Phi) is 5.41. The zero-order chi connectivity index (χ0) is 20.4. The third-order valence-electron chi connectivity index (χ3n) is 4.28. The Bertz CT molecular complexity index is 1160. The molecule has 2 heterocycles. The van der Waals surface area contributed by atoms with Crippen LogP contribution in [0.15, 0.2) is 59.0 Å². The molecule has 0 aliphatic carbocycles. The van der Waals surface area contributed by atoms with Gasteiger partial charge in [-0.25, -0.2) is 14.6 Å². The van der Waals surface area contributed by atoms with E-state index in [0.29, 0.717) is 32.8 Å². The fourth-order valence-electron chi connectivity index (χ4n) is 2.95. The van der Waals surface area contributed by atoms with Crippen LogP contribution in [0, 0.1) is 0 Å². The normalized spacial score (nSPS) is 10.7. The second-order valence-corrected chi connectivity index (χ2v) is 7.68. The van der Waals surface area contributed by atoms with Gasteiger partial charge in [-0.3, -0.25) is 4.79 Å². The van der Waals surface area contributed by atoms with E-state index < -0.39 is 0 Å². The van der Waals surface area contributed by atoms with E-state index in [-0.39, 0.29) is 5.78 Å². The van der Waals surface area contributed by atoms with Crippen molar-refractivity contribution in [2.45, 2.75) is 0 Å². The van der Waals surface area contributed by atoms with E-state index in [1.54, 1.807) is 42.5 Å². The summed E-state index contributed by atoms with van der Waals surface area (Å²) in [6, 6.07) is 8.91. The highest BCUT2D eigenvalue weighted by atomic mass is 79.9. The molecule has 0 saturated heterocycles. The average Bonchev–Trinajstić information content (AvgIpc) is 3.46. The highest BCUT2D eigenvalue weighted by Gasteiger charge is 2.20. The third kappa shape index (κ3) is 3.66. The molecule has 0 aliphatic heterocycles. The molecule has 0 saturated carbocycles. The molecule has 4 rings (SSSR count). The SMILES string of the molecule is COc1cc(C(=O)c2ccc(-c3nccs3)cc2-n2cncn2)cc(Br)c1OC. The summed E-state index contributed by atoms with van der Waals surface area (Å²) in [7, 11) is 3.08. The van der Waals surface area contributed by atoms with Crippen LogP contribution in [0.5, 0.6) is 11.5 Å². The van der Waals surface area contributed by atoms with Gasteiger partial charge in [0.25, 0.3) is 0 Å². The molecule has 0 unspecified atom stereocenters. The summed E-state index contributed by atoms with van der Waals surface area (Å²) >= 11 is 4.97. The molecule has 0 radical (unpaired) electrons. The highest BCUT2D eigenvalue weighted by molar-refractivity contribution is 9.10. The van der Waals surface area contributed by atoms with Crippen LogP contribution in [0.3, 0.4) is 0 Å². The monoisotopic (exact) mass is 470 g/mol. The first-order chi connectivity index (χ1) is 14.1. The number of rotatable bonds is 6. The number of ketones is 1. The number of ether oxygens (including phenoxy) is 2. The number of carbonyl (C=O) groups excluding carboxylic acids is 1. The lowest BCUT2D eigenvalue weighted by molar-refractivity contribution is 0.103. The number of halogens is 1. The fraction of sp³-hybridized carbons (Fsp3) is 0.100. The summed E-state index contributed by atoms with van der Waals surface area (Å²) in [5, 5.41) is 6.97. The number of hydrogen-bond donors (Lipinski definition) is 0. The summed E-state index contributed by atoms with van der Waals surface area (Å²) in [6.45, 7) is 0. The van der Waals surface area contributed by atoms with Crippen molar-refractivity contribution in [3.05, 3.63) is 70.2 Å². The van der Waals surface area contributed by atoms with E-state index in [0.717, 1.165) is 10.6 Å². The number of aromatic nitrogens is 4. The van der Waals surface area contributed by atoms with Gasteiger partial charge in [0.2, 0.25) is 0 Å². The third-order valence-corrected chi connectivity index (χ3v) is 5.69. The topological polar surface area (TPSA) is 79.1 Å². The van der Waals surface area contributed by atoms with Gasteiger partial charge in [-0.15, -0.1) is 11.3 Å². The molecule has 0 spiro atoms. The summed E-state index contributed by atoms with van der Waals surface area (Å²) in [5.74, 6) is 0.814. The van der Waals surface area contributed by atoms with Gasteiger partial charge in [-0.1, -0.05) is 6.07 Å². The first-order valence-corrected chi connectivity index (χ1v) is 10.1. The van der Waals surface area contributed by atoms with Gasteiger partial charge >= 0.3 is 0 Å². The van der Waals surface area contributed by atoms with Crippen LogP contribution in [0.4, 0.5) is 0 Å². The zero-order valence-electron chi connectivity index (χ0n) is 15.5. The fourth-order valence-corrected chi connectivity index (χ4v) is 4.19.